The Labute approximate surface area is 168 Å². The van der Waals surface area contributed by atoms with Crippen molar-refractivity contribution < 1.29 is 9.53 Å². The fourth-order valence-electron chi connectivity index (χ4n) is 3.20. The summed E-state index contributed by atoms with van der Waals surface area (Å²) >= 11 is 1.71. The number of imidazole rings is 1. The summed E-state index contributed by atoms with van der Waals surface area (Å²) in [4.78, 5) is 25.9. The van der Waals surface area contributed by atoms with Crippen molar-refractivity contribution >= 4 is 40.5 Å². The maximum absolute atomic E-state index is 11.3. The minimum absolute atomic E-state index is 0.376. The maximum Gasteiger partial charge on any atom is 0.413 e. The summed E-state index contributed by atoms with van der Waals surface area (Å²) in [5, 5.41) is 2.55. The van der Waals surface area contributed by atoms with Crippen LogP contribution in [0.2, 0.25) is 0 Å². The molecule has 4 rings (SSSR count). The first kappa shape index (κ1) is 18.6. The highest BCUT2D eigenvalue weighted by atomic mass is 32.2. The van der Waals surface area contributed by atoms with Gasteiger partial charge in [0.2, 0.25) is 5.95 Å². The number of piperazine rings is 1. The van der Waals surface area contributed by atoms with Gasteiger partial charge in [-0.3, -0.25) is 5.32 Å². The first-order valence-electron chi connectivity index (χ1n) is 9.17. The molecule has 0 saturated carbocycles. The normalized spacial score (nSPS) is 15.0. The molecule has 0 unspecified atom stereocenters. The van der Waals surface area contributed by atoms with E-state index in [1.807, 2.05) is 18.2 Å². The molecular formula is C20H23N5O2S. The van der Waals surface area contributed by atoms with Crippen molar-refractivity contribution in [3.05, 3.63) is 42.5 Å². The van der Waals surface area contributed by atoms with Crippen LogP contribution in [0.25, 0.3) is 11.0 Å². The molecule has 1 aromatic heterocycles. The fourth-order valence-corrected chi connectivity index (χ4v) is 4.11. The van der Waals surface area contributed by atoms with Crippen molar-refractivity contribution in [2.75, 3.05) is 50.6 Å². The average molecular weight is 398 g/mol. The number of ether oxygens (including phenoxy) is 1. The summed E-state index contributed by atoms with van der Waals surface area (Å²) in [5.74, 6) is 0.376. The number of benzene rings is 2. The number of H-pyrrole nitrogens is 1. The van der Waals surface area contributed by atoms with Gasteiger partial charge in [-0.1, -0.05) is 17.8 Å². The molecule has 1 aliphatic rings. The number of amides is 1. The highest BCUT2D eigenvalue weighted by Gasteiger charge is 2.14. The number of aromatic nitrogens is 2. The van der Waals surface area contributed by atoms with Crippen molar-refractivity contribution in [2.24, 2.45) is 0 Å². The third-order valence-corrected chi connectivity index (χ3v) is 5.76. The van der Waals surface area contributed by atoms with E-state index in [1.165, 1.54) is 17.7 Å². The summed E-state index contributed by atoms with van der Waals surface area (Å²) < 4.78 is 4.60. The molecule has 7 nitrogen and oxygen atoms in total. The second-order valence-corrected chi connectivity index (χ2v) is 7.92. The molecule has 1 amide bonds. The quantitative estimate of drug-likeness (QED) is 0.700. The molecule has 1 fully saturated rings. The number of carbonyl (C=O) groups excluding carboxylic acids is 1. The second-order valence-electron chi connectivity index (χ2n) is 6.77. The molecule has 0 aliphatic carbocycles. The van der Waals surface area contributed by atoms with Crippen LogP contribution < -0.4 is 10.2 Å². The van der Waals surface area contributed by atoms with Crippen LogP contribution in [0.3, 0.4) is 0 Å². The number of fused-ring (bicyclic) bond motifs is 1. The highest BCUT2D eigenvalue weighted by molar-refractivity contribution is 7.99. The van der Waals surface area contributed by atoms with Crippen LogP contribution in [-0.4, -0.2) is 61.3 Å². The highest BCUT2D eigenvalue weighted by Crippen LogP contribution is 2.32. The van der Waals surface area contributed by atoms with Crippen molar-refractivity contribution in [2.45, 2.75) is 9.79 Å². The fraction of sp³-hybridized carbons (Fsp3) is 0.300. The van der Waals surface area contributed by atoms with Crippen molar-refractivity contribution in [3.63, 3.8) is 0 Å². The summed E-state index contributed by atoms with van der Waals surface area (Å²) in [6, 6.07) is 14.7. The smallest absolute Gasteiger partial charge is 0.413 e. The van der Waals surface area contributed by atoms with Crippen LogP contribution in [0, 0.1) is 0 Å². The Morgan fingerprint density at radius 1 is 1.14 bits per heavy atom. The van der Waals surface area contributed by atoms with Crippen molar-refractivity contribution in [1.82, 2.24) is 14.9 Å². The number of likely N-dealkylation sites (N-methyl/N-ethyl adjacent to an activating group) is 1. The summed E-state index contributed by atoms with van der Waals surface area (Å²) in [5.41, 5.74) is 2.93. The minimum Gasteiger partial charge on any atom is -0.453 e. The molecule has 0 atom stereocenters. The molecule has 0 radical (unpaired) electrons. The lowest BCUT2D eigenvalue weighted by molar-refractivity contribution is 0.186. The van der Waals surface area contributed by atoms with E-state index in [0.717, 1.165) is 42.1 Å². The summed E-state index contributed by atoms with van der Waals surface area (Å²) in [6.07, 6.45) is -0.547. The summed E-state index contributed by atoms with van der Waals surface area (Å²) in [6.45, 7) is 4.30. The van der Waals surface area contributed by atoms with Gasteiger partial charge >= 0.3 is 6.09 Å². The molecule has 2 N–H and O–H groups in total. The first-order chi connectivity index (χ1) is 13.6. The van der Waals surface area contributed by atoms with E-state index in [2.05, 4.69) is 61.1 Å². The lowest BCUT2D eigenvalue weighted by Gasteiger charge is -2.34. The Hall–Kier alpha value is -2.71. The SMILES string of the molecule is COC(=O)Nc1nc2ccc(Sc3cccc(N4CCN(C)CC4)c3)cc2[nH]1. The molecule has 3 aromatic rings. The number of rotatable bonds is 4. The molecule has 2 aromatic carbocycles. The van der Waals surface area contributed by atoms with E-state index in [-0.39, 0.29) is 0 Å². The molecule has 0 bridgehead atoms. The molecule has 2 heterocycles. The van der Waals surface area contributed by atoms with Gasteiger partial charge in [0.1, 0.15) is 0 Å². The van der Waals surface area contributed by atoms with Gasteiger partial charge in [-0.05, 0) is 43.4 Å². The Morgan fingerprint density at radius 3 is 2.71 bits per heavy atom. The van der Waals surface area contributed by atoms with Crippen molar-refractivity contribution in [3.8, 4) is 0 Å². The molecule has 0 spiro atoms. The number of nitrogens with one attached hydrogen (secondary N) is 2. The number of anilines is 2. The van der Waals surface area contributed by atoms with E-state index in [4.69, 9.17) is 0 Å². The van der Waals surface area contributed by atoms with Gasteiger partial charge in [0, 0.05) is 41.7 Å². The first-order valence-corrected chi connectivity index (χ1v) is 9.98. The predicted octanol–water partition coefficient (Wildman–Crippen LogP) is 3.64. The number of carbonyl (C=O) groups is 1. The molecule has 146 valence electrons. The monoisotopic (exact) mass is 397 g/mol. The zero-order valence-electron chi connectivity index (χ0n) is 15.9. The molecule has 28 heavy (non-hydrogen) atoms. The van der Waals surface area contributed by atoms with Gasteiger partial charge in [-0.2, -0.15) is 0 Å². The number of aromatic amines is 1. The zero-order valence-corrected chi connectivity index (χ0v) is 16.8. The molecule has 8 heteroatoms. The standard InChI is InChI=1S/C20H23N5O2S/c1-24-8-10-25(11-9-24)14-4-3-5-15(12-14)28-16-6-7-17-18(13-16)22-19(21-17)23-20(26)27-2/h3-7,12-13H,8-11H2,1-2H3,(H2,21,22,23,26). The van der Waals surface area contributed by atoms with Gasteiger partial charge in [-0.15, -0.1) is 0 Å². The van der Waals surface area contributed by atoms with E-state index >= 15 is 0 Å². The second kappa shape index (κ2) is 8.12. The Kier molecular flexibility index (Phi) is 5.40. The summed E-state index contributed by atoms with van der Waals surface area (Å²) in [7, 11) is 3.49. The van der Waals surface area contributed by atoms with E-state index in [9.17, 15) is 4.79 Å². The minimum atomic E-state index is -0.547. The third kappa shape index (κ3) is 4.23. The van der Waals surface area contributed by atoms with Crippen LogP contribution in [-0.2, 0) is 4.74 Å². The van der Waals surface area contributed by atoms with Gasteiger partial charge in [0.15, 0.2) is 0 Å². The number of methoxy groups -OCH3 is 1. The third-order valence-electron chi connectivity index (χ3n) is 4.78. The Balaban J connectivity index is 1.50. The van der Waals surface area contributed by atoms with Gasteiger partial charge < -0.3 is 19.5 Å². The van der Waals surface area contributed by atoms with Crippen LogP contribution in [0.4, 0.5) is 16.4 Å². The lowest BCUT2D eigenvalue weighted by atomic mass is 10.2. The Morgan fingerprint density at radius 2 is 1.93 bits per heavy atom. The Bertz CT molecular complexity index is 982. The molecule has 1 saturated heterocycles. The largest absolute Gasteiger partial charge is 0.453 e. The lowest BCUT2D eigenvalue weighted by Crippen LogP contribution is -2.44. The van der Waals surface area contributed by atoms with Crippen LogP contribution in [0.15, 0.2) is 52.3 Å². The van der Waals surface area contributed by atoms with Gasteiger partial charge in [0.25, 0.3) is 0 Å². The van der Waals surface area contributed by atoms with Gasteiger partial charge in [0.05, 0.1) is 18.1 Å². The molecular weight excluding hydrogens is 374 g/mol. The topological polar surface area (TPSA) is 73.5 Å². The van der Waals surface area contributed by atoms with E-state index in [0.29, 0.717) is 5.95 Å². The average Bonchev–Trinajstić information content (AvgIpc) is 3.10. The molecule has 1 aliphatic heterocycles. The van der Waals surface area contributed by atoms with Crippen LogP contribution in [0.5, 0.6) is 0 Å². The number of nitrogens with zero attached hydrogens (tertiary/aromatic N) is 3. The van der Waals surface area contributed by atoms with Crippen LogP contribution >= 0.6 is 11.8 Å². The van der Waals surface area contributed by atoms with E-state index < -0.39 is 6.09 Å². The predicted molar refractivity (Wildman–Crippen MR) is 112 cm³/mol. The van der Waals surface area contributed by atoms with Crippen LogP contribution in [0.1, 0.15) is 0 Å². The van der Waals surface area contributed by atoms with E-state index in [1.54, 1.807) is 11.8 Å². The number of hydrogen-bond acceptors (Lipinski definition) is 6. The van der Waals surface area contributed by atoms with Crippen molar-refractivity contribution in [1.29, 1.82) is 0 Å². The maximum atomic E-state index is 11.3. The number of hydrogen-bond donors (Lipinski definition) is 2. The zero-order chi connectivity index (χ0) is 19.5. The van der Waals surface area contributed by atoms with Gasteiger partial charge in [-0.25, -0.2) is 9.78 Å².